The van der Waals surface area contributed by atoms with Gasteiger partial charge in [-0.05, 0) is 12.1 Å². The largest absolute Gasteiger partial charge is 0.496 e. The van der Waals surface area contributed by atoms with E-state index in [1.165, 1.54) is 0 Å². The molecule has 1 heterocycles. The van der Waals surface area contributed by atoms with Crippen LogP contribution in [0.15, 0.2) is 18.2 Å². The van der Waals surface area contributed by atoms with Crippen LogP contribution in [0.4, 0.5) is 4.79 Å². The third kappa shape index (κ3) is 3.63. The second kappa shape index (κ2) is 7.67. The van der Waals surface area contributed by atoms with Gasteiger partial charge >= 0.3 is 6.03 Å². The SMILES string of the molecule is COc1cccc(Cl)c1CNC(=O)N1C[C@@H](CO)[C@H](CO)C1. The Bertz CT molecular complexity index is 514. The summed E-state index contributed by atoms with van der Waals surface area (Å²) in [6.45, 7) is 1.06. The molecular formula is C15H21ClN2O4. The number of likely N-dealkylation sites (tertiary alicyclic amines) is 1. The summed E-state index contributed by atoms with van der Waals surface area (Å²) in [4.78, 5) is 13.8. The number of methoxy groups -OCH3 is 1. The van der Waals surface area contributed by atoms with Gasteiger partial charge in [-0.1, -0.05) is 17.7 Å². The summed E-state index contributed by atoms with van der Waals surface area (Å²) >= 11 is 6.13. The first-order valence-corrected chi connectivity index (χ1v) is 7.54. The van der Waals surface area contributed by atoms with Crippen LogP contribution in [0.5, 0.6) is 5.75 Å². The Hall–Kier alpha value is -1.50. The van der Waals surface area contributed by atoms with E-state index in [1.807, 2.05) is 0 Å². The van der Waals surface area contributed by atoms with E-state index in [4.69, 9.17) is 16.3 Å². The fraction of sp³-hybridized carbons (Fsp3) is 0.533. The number of aliphatic hydroxyl groups is 2. The highest BCUT2D eigenvalue weighted by Crippen LogP contribution is 2.26. The summed E-state index contributed by atoms with van der Waals surface area (Å²) in [6.07, 6.45) is 0. The summed E-state index contributed by atoms with van der Waals surface area (Å²) < 4.78 is 5.24. The van der Waals surface area contributed by atoms with Crippen LogP contribution in [-0.2, 0) is 6.54 Å². The molecule has 1 aromatic rings. The van der Waals surface area contributed by atoms with Crippen molar-refractivity contribution in [3.63, 3.8) is 0 Å². The first-order valence-electron chi connectivity index (χ1n) is 7.16. The minimum Gasteiger partial charge on any atom is -0.496 e. The van der Waals surface area contributed by atoms with Gasteiger partial charge in [0.1, 0.15) is 5.75 Å². The lowest BCUT2D eigenvalue weighted by atomic mass is 9.98. The lowest BCUT2D eigenvalue weighted by Crippen LogP contribution is -2.38. The number of benzene rings is 1. The molecule has 2 rings (SSSR count). The molecule has 0 saturated carbocycles. The Morgan fingerprint density at radius 2 is 2.00 bits per heavy atom. The number of aliphatic hydroxyl groups excluding tert-OH is 2. The van der Waals surface area contributed by atoms with Crippen LogP contribution in [0.3, 0.4) is 0 Å². The van der Waals surface area contributed by atoms with E-state index in [0.29, 0.717) is 23.9 Å². The van der Waals surface area contributed by atoms with Gasteiger partial charge < -0.3 is 25.2 Å². The van der Waals surface area contributed by atoms with Crippen LogP contribution in [0.1, 0.15) is 5.56 Å². The quantitative estimate of drug-likeness (QED) is 0.755. The Morgan fingerprint density at radius 3 is 2.55 bits per heavy atom. The molecule has 0 bridgehead atoms. The average molecular weight is 329 g/mol. The highest BCUT2D eigenvalue weighted by molar-refractivity contribution is 6.31. The highest BCUT2D eigenvalue weighted by atomic mass is 35.5. The average Bonchev–Trinajstić information content (AvgIpc) is 2.96. The van der Waals surface area contributed by atoms with Gasteiger partial charge in [0.05, 0.1) is 7.11 Å². The second-order valence-corrected chi connectivity index (χ2v) is 5.78. The monoisotopic (exact) mass is 328 g/mol. The summed E-state index contributed by atoms with van der Waals surface area (Å²) in [5, 5.41) is 21.9. The van der Waals surface area contributed by atoms with Crippen molar-refractivity contribution in [1.82, 2.24) is 10.2 Å². The zero-order valence-electron chi connectivity index (χ0n) is 12.5. The molecular weight excluding hydrogens is 308 g/mol. The smallest absolute Gasteiger partial charge is 0.317 e. The molecule has 1 saturated heterocycles. The third-order valence-electron chi connectivity index (χ3n) is 4.04. The molecule has 7 heteroatoms. The predicted octanol–water partition coefficient (Wildman–Crippen LogP) is 1.09. The molecule has 0 radical (unpaired) electrons. The molecule has 0 aromatic heterocycles. The number of hydrogen-bond acceptors (Lipinski definition) is 4. The molecule has 1 fully saturated rings. The van der Waals surface area contributed by atoms with Gasteiger partial charge in [-0.2, -0.15) is 0 Å². The van der Waals surface area contributed by atoms with Gasteiger partial charge in [0.25, 0.3) is 0 Å². The molecule has 6 nitrogen and oxygen atoms in total. The number of urea groups is 1. The predicted molar refractivity (Wildman–Crippen MR) is 83.0 cm³/mol. The summed E-state index contributed by atoms with van der Waals surface area (Å²) in [5.41, 5.74) is 0.719. The molecule has 0 aliphatic carbocycles. The first kappa shape index (κ1) is 16.9. The van der Waals surface area contributed by atoms with Crippen LogP contribution in [0.2, 0.25) is 5.02 Å². The fourth-order valence-electron chi connectivity index (χ4n) is 2.70. The Kier molecular flexibility index (Phi) is 5.88. The maximum absolute atomic E-state index is 12.2. The van der Waals surface area contributed by atoms with E-state index < -0.39 is 0 Å². The highest BCUT2D eigenvalue weighted by Gasteiger charge is 2.34. The van der Waals surface area contributed by atoms with Crippen molar-refractivity contribution in [2.75, 3.05) is 33.4 Å². The van der Waals surface area contributed by atoms with Crippen molar-refractivity contribution >= 4 is 17.6 Å². The Labute approximate surface area is 134 Å². The van der Waals surface area contributed by atoms with E-state index in [2.05, 4.69) is 5.32 Å². The topological polar surface area (TPSA) is 82.0 Å². The molecule has 1 aliphatic heterocycles. The van der Waals surface area contributed by atoms with Crippen LogP contribution >= 0.6 is 11.6 Å². The zero-order valence-corrected chi connectivity index (χ0v) is 13.2. The lowest BCUT2D eigenvalue weighted by Gasteiger charge is -2.18. The van der Waals surface area contributed by atoms with Gasteiger partial charge in [-0.25, -0.2) is 4.79 Å². The summed E-state index contributed by atoms with van der Waals surface area (Å²) in [7, 11) is 1.55. The van der Waals surface area contributed by atoms with Crippen molar-refractivity contribution in [2.24, 2.45) is 11.8 Å². The molecule has 1 aliphatic rings. The molecule has 22 heavy (non-hydrogen) atoms. The minimum absolute atomic E-state index is 0.0344. The van der Waals surface area contributed by atoms with Crippen LogP contribution in [0.25, 0.3) is 0 Å². The third-order valence-corrected chi connectivity index (χ3v) is 4.40. The van der Waals surface area contributed by atoms with Crippen LogP contribution < -0.4 is 10.1 Å². The standard InChI is InChI=1S/C15H21ClN2O4/c1-22-14-4-2-3-13(16)12(14)5-17-15(21)18-6-10(8-19)11(7-18)9-20/h2-4,10-11,19-20H,5-9H2,1H3,(H,17,21)/t10-,11-/m0/s1. The normalized spacial score (nSPS) is 21.0. The lowest BCUT2D eigenvalue weighted by molar-refractivity contribution is 0.152. The van der Waals surface area contributed by atoms with E-state index in [-0.39, 0.29) is 37.6 Å². The number of nitrogens with one attached hydrogen (secondary N) is 1. The number of carbonyl (C=O) groups excluding carboxylic acids is 1. The van der Waals surface area contributed by atoms with E-state index in [1.54, 1.807) is 30.2 Å². The summed E-state index contributed by atoms with van der Waals surface area (Å²) in [5.74, 6) is 0.465. The Morgan fingerprint density at radius 1 is 1.36 bits per heavy atom. The van der Waals surface area contributed by atoms with Crippen molar-refractivity contribution in [3.05, 3.63) is 28.8 Å². The second-order valence-electron chi connectivity index (χ2n) is 5.37. The van der Waals surface area contributed by atoms with Crippen LogP contribution in [0, 0.1) is 11.8 Å². The van der Waals surface area contributed by atoms with E-state index >= 15 is 0 Å². The van der Waals surface area contributed by atoms with Crippen molar-refractivity contribution in [1.29, 1.82) is 0 Å². The fourth-order valence-corrected chi connectivity index (χ4v) is 2.93. The zero-order chi connectivity index (χ0) is 16.1. The number of nitrogens with zero attached hydrogens (tertiary/aromatic N) is 1. The number of hydrogen-bond donors (Lipinski definition) is 3. The molecule has 0 unspecified atom stereocenters. The number of rotatable bonds is 5. The van der Waals surface area contributed by atoms with Gasteiger partial charge in [0.15, 0.2) is 0 Å². The number of amides is 2. The number of halogens is 1. The van der Waals surface area contributed by atoms with Gasteiger partial charge in [-0.15, -0.1) is 0 Å². The number of ether oxygens (including phenoxy) is 1. The van der Waals surface area contributed by atoms with Crippen molar-refractivity contribution in [2.45, 2.75) is 6.54 Å². The van der Waals surface area contributed by atoms with Gasteiger partial charge in [-0.3, -0.25) is 0 Å². The van der Waals surface area contributed by atoms with E-state index in [0.717, 1.165) is 5.56 Å². The first-order chi connectivity index (χ1) is 10.6. The van der Waals surface area contributed by atoms with Gasteiger partial charge in [0, 0.05) is 55.3 Å². The minimum atomic E-state index is -0.239. The molecule has 3 N–H and O–H groups in total. The molecule has 2 atom stereocenters. The number of carbonyl (C=O) groups is 1. The maximum Gasteiger partial charge on any atom is 0.317 e. The van der Waals surface area contributed by atoms with Crippen molar-refractivity contribution in [3.8, 4) is 5.75 Å². The van der Waals surface area contributed by atoms with E-state index in [9.17, 15) is 15.0 Å². The molecule has 2 amide bonds. The summed E-state index contributed by atoms with van der Waals surface area (Å²) in [6, 6.07) is 5.07. The Balaban J connectivity index is 1.97. The molecule has 122 valence electrons. The maximum atomic E-state index is 12.2. The molecule has 0 spiro atoms. The van der Waals surface area contributed by atoms with Crippen molar-refractivity contribution < 1.29 is 19.7 Å². The van der Waals surface area contributed by atoms with Crippen LogP contribution in [-0.4, -0.2) is 54.6 Å². The van der Waals surface area contributed by atoms with Gasteiger partial charge in [0.2, 0.25) is 0 Å². The molecule has 1 aromatic carbocycles.